The highest BCUT2D eigenvalue weighted by molar-refractivity contribution is 9.10. The molecule has 1 atom stereocenters. The summed E-state index contributed by atoms with van der Waals surface area (Å²) in [7, 11) is 0. The van der Waals surface area contributed by atoms with Crippen molar-refractivity contribution < 1.29 is 13.6 Å². The molecule has 0 fully saturated rings. The molecule has 0 spiro atoms. The Morgan fingerprint density at radius 2 is 2.00 bits per heavy atom. The highest BCUT2D eigenvalue weighted by Crippen LogP contribution is 2.25. The third-order valence-corrected chi connectivity index (χ3v) is 2.99. The van der Waals surface area contributed by atoms with Crippen molar-refractivity contribution in [1.82, 2.24) is 0 Å². The standard InChI is InChI=1S/C11H13BrF2N2O/c12-7-5-8(13)6(4-9(7)14)10(15)2-1-3-11(16)17/h4-5,10H,1-3,15H2,(H2,16,17). The number of carbonyl (C=O) groups is 1. The molecule has 4 N–H and O–H groups in total. The molecule has 0 aliphatic rings. The molecule has 0 bridgehead atoms. The number of hydrogen-bond donors (Lipinski definition) is 2. The highest BCUT2D eigenvalue weighted by Gasteiger charge is 2.14. The second kappa shape index (κ2) is 6.07. The van der Waals surface area contributed by atoms with Crippen LogP contribution in [0, 0.1) is 11.6 Å². The van der Waals surface area contributed by atoms with Crippen LogP contribution in [-0.4, -0.2) is 5.91 Å². The smallest absolute Gasteiger partial charge is 0.217 e. The molecule has 0 aliphatic carbocycles. The topological polar surface area (TPSA) is 69.1 Å². The zero-order valence-corrected chi connectivity index (χ0v) is 10.6. The number of halogens is 3. The normalized spacial score (nSPS) is 12.5. The maximum atomic E-state index is 13.5. The van der Waals surface area contributed by atoms with E-state index in [9.17, 15) is 13.6 Å². The van der Waals surface area contributed by atoms with E-state index in [0.29, 0.717) is 12.8 Å². The number of hydrogen-bond acceptors (Lipinski definition) is 2. The number of rotatable bonds is 5. The van der Waals surface area contributed by atoms with Crippen LogP contribution in [0.3, 0.4) is 0 Å². The second-order valence-electron chi connectivity index (χ2n) is 3.75. The van der Waals surface area contributed by atoms with Gasteiger partial charge in [-0.2, -0.15) is 0 Å². The van der Waals surface area contributed by atoms with Crippen LogP contribution in [0.2, 0.25) is 0 Å². The van der Waals surface area contributed by atoms with E-state index >= 15 is 0 Å². The molecule has 1 rings (SSSR count). The van der Waals surface area contributed by atoms with Crippen molar-refractivity contribution in [2.75, 3.05) is 0 Å². The minimum Gasteiger partial charge on any atom is -0.370 e. The third kappa shape index (κ3) is 4.05. The summed E-state index contributed by atoms with van der Waals surface area (Å²) < 4.78 is 26.8. The lowest BCUT2D eigenvalue weighted by molar-refractivity contribution is -0.118. The minimum absolute atomic E-state index is 0.0584. The van der Waals surface area contributed by atoms with Gasteiger partial charge in [0.1, 0.15) is 11.6 Å². The molecule has 0 aromatic heterocycles. The third-order valence-electron chi connectivity index (χ3n) is 2.38. The monoisotopic (exact) mass is 306 g/mol. The summed E-state index contributed by atoms with van der Waals surface area (Å²) >= 11 is 2.88. The minimum atomic E-state index is -0.642. The summed E-state index contributed by atoms with van der Waals surface area (Å²) in [4.78, 5) is 10.5. The Hall–Kier alpha value is -1.01. The molecule has 17 heavy (non-hydrogen) atoms. The van der Waals surface area contributed by atoms with Crippen molar-refractivity contribution in [3.63, 3.8) is 0 Å². The van der Waals surface area contributed by atoms with E-state index in [4.69, 9.17) is 11.5 Å². The van der Waals surface area contributed by atoms with Gasteiger partial charge in [-0.25, -0.2) is 8.78 Å². The molecule has 0 radical (unpaired) electrons. The van der Waals surface area contributed by atoms with Crippen LogP contribution < -0.4 is 11.5 Å². The van der Waals surface area contributed by atoms with Crippen molar-refractivity contribution in [2.24, 2.45) is 11.5 Å². The first-order chi connectivity index (χ1) is 7.91. The van der Waals surface area contributed by atoms with Crippen LogP contribution in [-0.2, 0) is 4.79 Å². The fraction of sp³-hybridized carbons (Fsp3) is 0.364. The lowest BCUT2D eigenvalue weighted by atomic mass is 10.0. The number of benzene rings is 1. The highest BCUT2D eigenvalue weighted by atomic mass is 79.9. The zero-order valence-electron chi connectivity index (χ0n) is 9.05. The van der Waals surface area contributed by atoms with E-state index < -0.39 is 23.6 Å². The summed E-state index contributed by atoms with van der Waals surface area (Å²) in [5.74, 6) is -1.56. The summed E-state index contributed by atoms with van der Waals surface area (Å²) in [6.07, 6.45) is 1.02. The van der Waals surface area contributed by atoms with Gasteiger partial charge in [0.15, 0.2) is 0 Å². The molecular weight excluding hydrogens is 294 g/mol. The first-order valence-corrected chi connectivity index (χ1v) is 5.89. The van der Waals surface area contributed by atoms with Crippen molar-refractivity contribution in [3.05, 3.63) is 33.8 Å². The Morgan fingerprint density at radius 1 is 1.35 bits per heavy atom. The molecule has 1 aromatic rings. The molecule has 1 amide bonds. The molecule has 0 aliphatic heterocycles. The summed E-state index contributed by atoms with van der Waals surface area (Å²) in [6, 6.07) is 1.46. The predicted molar refractivity (Wildman–Crippen MR) is 64.0 cm³/mol. The first-order valence-electron chi connectivity index (χ1n) is 5.10. The van der Waals surface area contributed by atoms with Crippen molar-refractivity contribution in [3.8, 4) is 0 Å². The van der Waals surface area contributed by atoms with Crippen LogP contribution in [0.4, 0.5) is 8.78 Å². The van der Waals surface area contributed by atoms with Gasteiger partial charge in [-0.05, 0) is 40.9 Å². The van der Waals surface area contributed by atoms with E-state index in [1.807, 2.05) is 0 Å². The SMILES string of the molecule is NC(=O)CCCC(N)c1cc(F)c(Br)cc1F. The van der Waals surface area contributed by atoms with Gasteiger partial charge in [0.2, 0.25) is 5.91 Å². The van der Waals surface area contributed by atoms with Crippen LogP contribution in [0.5, 0.6) is 0 Å². The molecule has 1 unspecified atom stereocenters. The molecular formula is C11H13BrF2N2O. The van der Waals surface area contributed by atoms with E-state index in [2.05, 4.69) is 15.9 Å². The number of primary amides is 1. The van der Waals surface area contributed by atoms with Crippen molar-refractivity contribution >= 4 is 21.8 Å². The fourth-order valence-corrected chi connectivity index (χ4v) is 1.79. The lowest BCUT2D eigenvalue weighted by Crippen LogP contribution is -2.15. The van der Waals surface area contributed by atoms with Gasteiger partial charge in [0.05, 0.1) is 4.47 Å². The Morgan fingerprint density at radius 3 is 2.59 bits per heavy atom. The molecule has 0 heterocycles. The molecule has 0 saturated carbocycles. The molecule has 3 nitrogen and oxygen atoms in total. The maximum absolute atomic E-state index is 13.5. The van der Waals surface area contributed by atoms with E-state index in [1.54, 1.807) is 0 Å². The van der Waals surface area contributed by atoms with Gasteiger partial charge >= 0.3 is 0 Å². The molecule has 94 valence electrons. The van der Waals surface area contributed by atoms with Gasteiger partial charge < -0.3 is 11.5 Å². The van der Waals surface area contributed by atoms with Crippen LogP contribution in [0.15, 0.2) is 16.6 Å². The Labute approximate surface area is 106 Å². The molecule has 6 heteroatoms. The van der Waals surface area contributed by atoms with E-state index in [-0.39, 0.29) is 16.5 Å². The Balaban J connectivity index is 2.71. The average Bonchev–Trinajstić information content (AvgIpc) is 2.22. The van der Waals surface area contributed by atoms with E-state index in [1.165, 1.54) is 0 Å². The largest absolute Gasteiger partial charge is 0.370 e. The predicted octanol–water partition coefficient (Wildman–Crippen LogP) is 2.38. The lowest BCUT2D eigenvalue weighted by Gasteiger charge is -2.13. The Bertz CT molecular complexity index is 426. The Kier molecular flexibility index (Phi) is 5.02. The molecule has 1 aromatic carbocycles. The molecule has 0 saturated heterocycles. The van der Waals surface area contributed by atoms with Gasteiger partial charge in [0, 0.05) is 18.0 Å². The maximum Gasteiger partial charge on any atom is 0.217 e. The van der Waals surface area contributed by atoms with Gasteiger partial charge in [-0.3, -0.25) is 4.79 Å². The second-order valence-corrected chi connectivity index (χ2v) is 4.61. The van der Waals surface area contributed by atoms with Crippen LogP contribution in [0.1, 0.15) is 30.9 Å². The summed E-state index contributed by atoms with van der Waals surface area (Å²) in [6.45, 7) is 0. The number of nitrogens with two attached hydrogens (primary N) is 2. The van der Waals surface area contributed by atoms with E-state index in [0.717, 1.165) is 12.1 Å². The summed E-state index contributed by atoms with van der Waals surface area (Å²) in [5, 5.41) is 0. The number of amides is 1. The van der Waals surface area contributed by atoms with Gasteiger partial charge in [-0.15, -0.1) is 0 Å². The van der Waals surface area contributed by atoms with Crippen molar-refractivity contribution in [2.45, 2.75) is 25.3 Å². The van der Waals surface area contributed by atoms with Crippen molar-refractivity contribution in [1.29, 1.82) is 0 Å². The van der Waals surface area contributed by atoms with Crippen LogP contribution in [0.25, 0.3) is 0 Å². The van der Waals surface area contributed by atoms with Crippen LogP contribution >= 0.6 is 15.9 Å². The summed E-state index contributed by atoms with van der Waals surface area (Å²) in [5.41, 5.74) is 10.8. The zero-order chi connectivity index (χ0) is 13.0. The average molecular weight is 307 g/mol. The quantitative estimate of drug-likeness (QED) is 0.820. The fourth-order valence-electron chi connectivity index (χ4n) is 1.47. The first kappa shape index (κ1) is 14.1. The van der Waals surface area contributed by atoms with Gasteiger partial charge in [0.25, 0.3) is 0 Å². The van der Waals surface area contributed by atoms with Gasteiger partial charge in [-0.1, -0.05) is 0 Å². The number of carbonyl (C=O) groups excluding carboxylic acids is 1.